The lowest BCUT2D eigenvalue weighted by molar-refractivity contribution is -0.148. The minimum atomic E-state index is -0.408. The molecule has 0 aliphatic carbocycles. The van der Waals surface area contributed by atoms with Crippen molar-refractivity contribution in [3.8, 4) is 5.75 Å². The van der Waals surface area contributed by atoms with Gasteiger partial charge in [-0.15, -0.1) is 0 Å². The Kier molecular flexibility index (Phi) is 6.83. The molecule has 1 unspecified atom stereocenters. The largest absolute Gasteiger partial charge is 0.497 e. The Morgan fingerprint density at radius 2 is 1.97 bits per heavy atom. The number of fused-ring (bicyclic) bond motifs is 1. The van der Waals surface area contributed by atoms with E-state index in [9.17, 15) is 9.59 Å². The molecule has 0 aliphatic rings. The molecule has 0 saturated carbocycles. The van der Waals surface area contributed by atoms with E-state index in [2.05, 4.69) is 10.2 Å². The molecular weight excluding hydrogens is 388 g/mol. The maximum atomic E-state index is 13.0. The number of carbonyl (C=O) groups is 1. The number of esters is 1. The molecule has 2 aromatic heterocycles. The number of rotatable bonds is 9. The van der Waals surface area contributed by atoms with E-state index in [0.717, 1.165) is 11.3 Å². The van der Waals surface area contributed by atoms with Gasteiger partial charge in [0, 0.05) is 0 Å². The Morgan fingerprint density at radius 1 is 1.23 bits per heavy atom. The molecule has 3 rings (SSSR count). The highest BCUT2D eigenvalue weighted by molar-refractivity contribution is 5.80. The average molecular weight is 414 g/mol. The number of nitrogens with zero attached hydrogens (tertiary/aromatic N) is 4. The zero-order valence-electron chi connectivity index (χ0n) is 17.6. The van der Waals surface area contributed by atoms with Crippen molar-refractivity contribution in [2.45, 2.75) is 33.4 Å². The second-order valence-electron chi connectivity index (χ2n) is 6.91. The summed E-state index contributed by atoms with van der Waals surface area (Å²) < 4.78 is 18.6. The molecular formula is C21H26N4O5. The highest BCUT2D eigenvalue weighted by Gasteiger charge is 2.18. The van der Waals surface area contributed by atoms with Crippen LogP contribution in [0.3, 0.4) is 0 Å². The van der Waals surface area contributed by atoms with E-state index in [1.165, 1.54) is 4.68 Å². The van der Waals surface area contributed by atoms with Gasteiger partial charge in [-0.1, -0.05) is 12.1 Å². The summed E-state index contributed by atoms with van der Waals surface area (Å²) in [7, 11) is 1.61. The van der Waals surface area contributed by atoms with Gasteiger partial charge < -0.3 is 14.2 Å². The predicted octanol–water partition coefficient (Wildman–Crippen LogP) is 2.10. The third-order valence-corrected chi connectivity index (χ3v) is 4.68. The molecule has 0 fully saturated rings. The third-order valence-electron chi connectivity index (χ3n) is 4.68. The molecule has 30 heavy (non-hydrogen) atoms. The summed E-state index contributed by atoms with van der Waals surface area (Å²) in [5, 5.41) is 9.36. The number of hydrogen-bond acceptors (Lipinski definition) is 7. The van der Waals surface area contributed by atoms with Crippen LogP contribution in [0.5, 0.6) is 5.75 Å². The van der Waals surface area contributed by atoms with Crippen LogP contribution < -0.4 is 10.3 Å². The van der Waals surface area contributed by atoms with Gasteiger partial charge in [-0.25, -0.2) is 9.48 Å². The minimum Gasteiger partial charge on any atom is -0.497 e. The second kappa shape index (κ2) is 9.53. The molecule has 9 nitrogen and oxygen atoms in total. The lowest BCUT2D eigenvalue weighted by atomic mass is 10.2. The molecule has 0 N–H and O–H groups in total. The zero-order valence-corrected chi connectivity index (χ0v) is 17.6. The van der Waals surface area contributed by atoms with Crippen molar-refractivity contribution in [1.29, 1.82) is 0 Å². The van der Waals surface area contributed by atoms with Gasteiger partial charge in [0.15, 0.2) is 0 Å². The molecule has 0 spiro atoms. The van der Waals surface area contributed by atoms with Crippen LogP contribution in [-0.2, 0) is 20.8 Å². The first-order chi connectivity index (χ1) is 14.4. The molecule has 9 heteroatoms. The summed E-state index contributed by atoms with van der Waals surface area (Å²) in [4.78, 5) is 24.4. The van der Waals surface area contributed by atoms with E-state index in [1.54, 1.807) is 31.8 Å². The van der Waals surface area contributed by atoms with Crippen molar-refractivity contribution in [3.63, 3.8) is 0 Å². The topological polar surface area (TPSA) is 97.5 Å². The Hall–Kier alpha value is -3.20. The molecule has 0 aliphatic heterocycles. The first kappa shape index (κ1) is 21.5. The van der Waals surface area contributed by atoms with Gasteiger partial charge in [-0.05, 0) is 38.5 Å². The second-order valence-corrected chi connectivity index (χ2v) is 6.91. The van der Waals surface area contributed by atoms with Crippen LogP contribution in [0.4, 0.5) is 0 Å². The number of hydrogen-bond donors (Lipinski definition) is 0. The lowest BCUT2D eigenvalue weighted by Gasteiger charge is -2.14. The fourth-order valence-electron chi connectivity index (χ4n) is 3.20. The number of benzene rings is 1. The van der Waals surface area contributed by atoms with Gasteiger partial charge in [0.05, 0.1) is 55.7 Å². The molecule has 0 radical (unpaired) electrons. The van der Waals surface area contributed by atoms with Crippen molar-refractivity contribution < 1.29 is 19.0 Å². The van der Waals surface area contributed by atoms with Crippen LogP contribution >= 0.6 is 0 Å². The maximum absolute atomic E-state index is 13.0. The van der Waals surface area contributed by atoms with Crippen molar-refractivity contribution in [2.75, 3.05) is 26.9 Å². The molecule has 0 saturated heterocycles. The third kappa shape index (κ3) is 4.68. The standard InChI is InChI=1S/C21H26N4O5/c1-5-30-19(26)13-29-12-14(2)25-18-10-22-24(21(27)20(18)15(3)23-25)11-16-6-8-17(28-4)9-7-16/h6-10,14H,5,11-13H2,1-4H3. The van der Waals surface area contributed by atoms with Crippen molar-refractivity contribution >= 4 is 16.9 Å². The summed E-state index contributed by atoms with van der Waals surface area (Å²) >= 11 is 0. The van der Waals surface area contributed by atoms with Crippen molar-refractivity contribution in [1.82, 2.24) is 19.6 Å². The zero-order chi connectivity index (χ0) is 21.7. The first-order valence-corrected chi connectivity index (χ1v) is 9.75. The normalized spacial score (nSPS) is 12.1. The number of aryl methyl sites for hydroxylation is 1. The monoisotopic (exact) mass is 414 g/mol. The average Bonchev–Trinajstić information content (AvgIpc) is 3.08. The minimum absolute atomic E-state index is 0.122. The van der Waals surface area contributed by atoms with Gasteiger partial charge in [-0.3, -0.25) is 9.48 Å². The smallest absolute Gasteiger partial charge is 0.332 e. The number of carbonyl (C=O) groups excluding carboxylic acids is 1. The molecule has 2 heterocycles. The Labute approximate surface area is 174 Å². The fourth-order valence-corrected chi connectivity index (χ4v) is 3.20. The van der Waals surface area contributed by atoms with Gasteiger partial charge in [-0.2, -0.15) is 10.2 Å². The summed E-state index contributed by atoms with van der Waals surface area (Å²) in [6, 6.07) is 7.31. The lowest BCUT2D eigenvalue weighted by Crippen LogP contribution is -2.24. The van der Waals surface area contributed by atoms with Crippen molar-refractivity contribution in [2.24, 2.45) is 0 Å². The number of methoxy groups -OCH3 is 1. The van der Waals surface area contributed by atoms with E-state index >= 15 is 0 Å². The molecule has 1 atom stereocenters. The van der Waals surface area contributed by atoms with Gasteiger partial charge in [0.1, 0.15) is 12.4 Å². The van der Waals surface area contributed by atoms with E-state index in [1.807, 2.05) is 31.2 Å². The van der Waals surface area contributed by atoms with E-state index < -0.39 is 5.97 Å². The van der Waals surface area contributed by atoms with Crippen LogP contribution in [-0.4, -0.2) is 52.5 Å². The number of aromatic nitrogens is 4. The van der Waals surface area contributed by atoms with Crippen LogP contribution in [0.1, 0.15) is 31.1 Å². The highest BCUT2D eigenvalue weighted by atomic mass is 16.6. The quantitative estimate of drug-likeness (QED) is 0.495. The van der Waals surface area contributed by atoms with Crippen LogP contribution in [0.25, 0.3) is 10.9 Å². The van der Waals surface area contributed by atoms with Crippen LogP contribution in [0, 0.1) is 6.92 Å². The molecule has 160 valence electrons. The highest BCUT2D eigenvalue weighted by Crippen LogP contribution is 2.18. The number of ether oxygens (including phenoxy) is 3. The van der Waals surface area contributed by atoms with Gasteiger partial charge in [0.2, 0.25) is 0 Å². The SMILES string of the molecule is CCOC(=O)COCC(C)n1nc(C)c2c(=O)n(Cc3ccc(OC)cc3)ncc21. The molecule has 0 amide bonds. The van der Waals surface area contributed by atoms with E-state index in [4.69, 9.17) is 14.2 Å². The molecule has 0 bridgehead atoms. The summed E-state index contributed by atoms with van der Waals surface area (Å²) in [6.45, 7) is 6.24. The Morgan fingerprint density at radius 3 is 2.63 bits per heavy atom. The van der Waals surface area contributed by atoms with Gasteiger partial charge in [0.25, 0.3) is 5.56 Å². The first-order valence-electron chi connectivity index (χ1n) is 9.75. The Balaban J connectivity index is 1.79. The summed E-state index contributed by atoms with van der Waals surface area (Å²) in [6.07, 6.45) is 1.64. The Bertz CT molecular complexity index is 1070. The van der Waals surface area contributed by atoms with Crippen molar-refractivity contribution in [3.05, 3.63) is 52.1 Å². The van der Waals surface area contributed by atoms with Crippen LogP contribution in [0.15, 0.2) is 35.3 Å². The summed E-state index contributed by atoms with van der Waals surface area (Å²) in [5.41, 5.74) is 2.00. The van der Waals surface area contributed by atoms with E-state index in [0.29, 0.717) is 29.7 Å². The van der Waals surface area contributed by atoms with E-state index in [-0.39, 0.29) is 24.8 Å². The predicted molar refractivity (Wildman–Crippen MR) is 111 cm³/mol. The summed E-state index contributed by atoms with van der Waals surface area (Å²) in [5.74, 6) is 0.347. The fraction of sp³-hybridized carbons (Fsp3) is 0.429. The molecule has 3 aromatic rings. The molecule has 1 aromatic carbocycles. The maximum Gasteiger partial charge on any atom is 0.332 e. The van der Waals surface area contributed by atoms with Gasteiger partial charge >= 0.3 is 5.97 Å². The van der Waals surface area contributed by atoms with Crippen LogP contribution in [0.2, 0.25) is 0 Å².